The number of likely N-dealkylation sites (N-methyl/N-ethyl adjacent to an activating group) is 1. The molecule has 2 heteroatoms. The van der Waals surface area contributed by atoms with E-state index in [0.717, 1.165) is 18.3 Å². The Hall–Kier alpha value is -0.890. The molecule has 0 aliphatic heterocycles. The van der Waals surface area contributed by atoms with E-state index < -0.39 is 0 Å². The fourth-order valence-electron chi connectivity index (χ4n) is 2.98. The summed E-state index contributed by atoms with van der Waals surface area (Å²) < 4.78 is 0. The van der Waals surface area contributed by atoms with E-state index >= 15 is 0 Å². The van der Waals surface area contributed by atoms with Gasteiger partial charge in [0.1, 0.15) is 0 Å². The second kappa shape index (κ2) is 5.44. The van der Waals surface area contributed by atoms with Crippen LogP contribution in [-0.4, -0.2) is 18.1 Å². The van der Waals surface area contributed by atoms with Crippen LogP contribution < -0.4 is 5.32 Å². The number of rotatable bonds is 4. The number of pyridine rings is 1. The molecule has 1 aromatic heterocycles. The summed E-state index contributed by atoms with van der Waals surface area (Å²) in [5.74, 6) is 1.69. The van der Waals surface area contributed by atoms with E-state index in [1.807, 2.05) is 12.3 Å². The van der Waals surface area contributed by atoms with Crippen molar-refractivity contribution in [2.45, 2.75) is 38.6 Å². The van der Waals surface area contributed by atoms with E-state index in [-0.39, 0.29) is 0 Å². The zero-order valence-corrected chi connectivity index (χ0v) is 10.3. The normalized spacial score (nSPS) is 26.9. The molecule has 1 N–H and O–H groups in total. The average molecular weight is 218 g/mol. The number of hydrogen-bond acceptors (Lipinski definition) is 2. The highest BCUT2D eigenvalue weighted by Gasteiger charge is 2.30. The maximum Gasteiger partial charge on any atom is 0.0419 e. The fourth-order valence-corrected chi connectivity index (χ4v) is 2.98. The first-order chi connectivity index (χ1) is 7.81. The molecule has 0 spiro atoms. The molecule has 1 aromatic rings. The second-order valence-electron chi connectivity index (χ2n) is 4.99. The largest absolute Gasteiger partial charge is 0.316 e. The van der Waals surface area contributed by atoms with Crippen molar-refractivity contribution in [1.82, 2.24) is 10.3 Å². The van der Waals surface area contributed by atoms with Crippen molar-refractivity contribution >= 4 is 0 Å². The minimum Gasteiger partial charge on any atom is -0.316 e. The third kappa shape index (κ3) is 2.62. The lowest BCUT2D eigenvalue weighted by Crippen LogP contribution is -2.37. The zero-order valence-electron chi connectivity index (χ0n) is 10.3. The molecule has 2 nitrogen and oxygen atoms in total. The molecule has 1 saturated carbocycles. The molecule has 1 fully saturated rings. The van der Waals surface area contributed by atoms with Gasteiger partial charge in [0.05, 0.1) is 0 Å². The van der Waals surface area contributed by atoms with E-state index in [2.05, 4.69) is 36.4 Å². The summed E-state index contributed by atoms with van der Waals surface area (Å²) in [5.41, 5.74) is 1.21. The van der Waals surface area contributed by atoms with Crippen molar-refractivity contribution < 1.29 is 0 Å². The number of nitrogens with one attached hydrogen (secondary N) is 1. The van der Waals surface area contributed by atoms with Gasteiger partial charge in [0.15, 0.2) is 0 Å². The van der Waals surface area contributed by atoms with Gasteiger partial charge in [-0.1, -0.05) is 25.8 Å². The quantitative estimate of drug-likeness (QED) is 0.840. The van der Waals surface area contributed by atoms with Crippen molar-refractivity contribution in [3.05, 3.63) is 30.1 Å². The van der Waals surface area contributed by atoms with Crippen LogP contribution in [0, 0.1) is 11.8 Å². The van der Waals surface area contributed by atoms with E-state index in [1.165, 1.54) is 25.0 Å². The minimum absolute atomic E-state index is 0.590. The molecule has 0 radical (unpaired) electrons. The van der Waals surface area contributed by atoms with Crippen molar-refractivity contribution in [1.29, 1.82) is 0 Å². The summed E-state index contributed by atoms with van der Waals surface area (Å²) in [6, 6.07) is 6.78. The van der Waals surface area contributed by atoms with Gasteiger partial charge < -0.3 is 5.32 Å². The molecule has 88 valence electrons. The van der Waals surface area contributed by atoms with Gasteiger partial charge in [-0.3, -0.25) is 4.98 Å². The molecule has 0 amide bonds. The van der Waals surface area contributed by atoms with Gasteiger partial charge in [-0.25, -0.2) is 0 Å². The summed E-state index contributed by atoms with van der Waals surface area (Å²) >= 11 is 0. The Morgan fingerprint density at radius 2 is 2.31 bits per heavy atom. The van der Waals surface area contributed by atoms with Crippen molar-refractivity contribution in [3.63, 3.8) is 0 Å². The Kier molecular flexibility index (Phi) is 3.94. The summed E-state index contributed by atoms with van der Waals surface area (Å²) in [6.45, 7) is 2.39. The van der Waals surface area contributed by atoms with Gasteiger partial charge in [-0.15, -0.1) is 0 Å². The second-order valence-corrected chi connectivity index (χ2v) is 4.99. The summed E-state index contributed by atoms with van der Waals surface area (Å²) in [6.07, 6.45) is 7.11. The Labute approximate surface area is 98.5 Å². The average Bonchev–Trinajstić information content (AvgIpc) is 2.74. The van der Waals surface area contributed by atoms with Gasteiger partial charge in [-0.2, -0.15) is 0 Å². The maximum absolute atomic E-state index is 4.42. The molecule has 0 aromatic carbocycles. The van der Waals surface area contributed by atoms with Gasteiger partial charge in [0, 0.05) is 24.4 Å². The third-order valence-corrected chi connectivity index (χ3v) is 3.97. The van der Waals surface area contributed by atoms with Crippen LogP contribution in [0.1, 0.15) is 31.9 Å². The molecule has 1 heterocycles. The smallest absolute Gasteiger partial charge is 0.0419 e. The molecule has 0 saturated heterocycles. The molecule has 1 aliphatic rings. The molecule has 1 aliphatic carbocycles. The van der Waals surface area contributed by atoms with E-state index in [9.17, 15) is 0 Å². The first kappa shape index (κ1) is 11.6. The third-order valence-electron chi connectivity index (χ3n) is 3.97. The van der Waals surface area contributed by atoms with Gasteiger partial charge >= 0.3 is 0 Å². The lowest BCUT2D eigenvalue weighted by molar-refractivity contribution is 0.306. The minimum atomic E-state index is 0.590. The summed E-state index contributed by atoms with van der Waals surface area (Å²) in [7, 11) is 2.08. The van der Waals surface area contributed by atoms with E-state index in [1.54, 1.807) is 0 Å². The Morgan fingerprint density at radius 1 is 1.44 bits per heavy atom. The lowest BCUT2D eigenvalue weighted by Gasteiger charge is -2.26. The van der Waals surface area contributed by atoms with Gasteiger partial charge in [0.2, 0.25) is 0 Å². The SMILES string of the molecule is CNC(Cc1ccccn1)C1CCCC1C. The van der Waals surface area contributed by atoms with Crippen LogP contribution in [0.5, 0.6) is 0 Å². The van der Waals surface area contributed by atoms with Gasteiger partial charge in [0.25, 0.3) is 0 Å². The Morgan fingerprint density at radius 3 is 2.88 bits per heavy atom. The highest BCUT2D eigenvalue weighted by molar-refractivity contribution is 5.06. The highest BCUT2D eigenvalue weighted by atomic mass is 14.9. The van der Waals surface area contributed by atoms with Crippen LogP contribution in [0.25, 0.3) is 0 Å². The molecule has 3 unspecified atom stereocenters. The molecular formula is C14H22N2. The van der Waals surface area contributed by atoms with Crippen molar-refractivity contribution in [2.75, 3.05) is 7.05 Å². The number of aromatic nitrogens is 1. The van der Waals surface area contributed by atoms with Crippen LogP contribution in [0.4, 0.5) is 0 Å². The van der Waals surface area contributed by atoms with Crippen molar-refractivity contribution in [3.8, 4) is 0 Å². The van der Waals surface area contributed by atoms with Crippen LogP contribution in [-0.2, 0) is 6.42 Å². The first-order valence-electron chi connectivity index (χ1n) is 6.38. The van der Waals surface area contributed by atoms with Crippen LogP contribution >= 0.6 is 0 Å². The highest BCUT2D eigenvalue weighted by Crippen LogP contribution is 2.34. The standard InChI is InChI=1S/C14H22N2/c1-11-6-5-8-13(11)14(15-2)10-12-7-3-4-9-16-12/h3-4,7,9,11,13-15H,5-6,8,10H2,1-2H3. The number of hydrogen-bond donors (Lipinski definition) is 1. The molecule has 3 atom stereocenters. The predicted molar refractivity (Wildman–Crippen MR) is 67.3 cm³/mol. The predicted octanol–water partition coefficient (Wildman–Crippen LogP) is 2.65. The monoisotopic (exact) mass is 218 g/mol. The topological polar surface area (TPSA) is 24.9 Å². The Balaban J connectivity index is 2.00. The maximum atomic E-state index is 4.42. The molecule has 16 heavy (non-hydrogen) atoms. The zero-order chi connectivity index (χ0) is 11.4. The van der Waals surface area contributed by atoms with E-state index in [0.29, 0.717) is 6.04 Å². The van der Waals surface area contributed by atoms with Crippen LogP contribution in [0.2, 0.25) is 0 Å². The van der Waals surface area contributed by atoms with E-state index in [4.69, 9.17) is 0 Å². The molecule has 2 rings (SSSR count). The fraction of sp³-hybridized carbons (Fsp3) is 0.643. The molecule has 0 bridgehead atoms. The summed E-state index contributed by atoms with van der Waals surface area (Å²) in [5, 5.41) is 3.48. The number of nitrogens with zero attached hydrogens (tertiary/aromatic N) is 1. The van der Waals surface area contributed by atoms with Crippen LogP contribution in [0.3, 0.4) is 0 Å². The summed E-state index contributed by atoms with van der Waals surface area (Å²) in [4.78, 5) is 4.42. The Bertz CT molecular complexity index is 310. The van der Waals surface area contributed by atoms with Crippen molar-refractivity contribution in [2.24, 2.45) is 11.8 Å². The molecular weight excluding hydrogens is 196 g/mol. The first-order valence-corrected chi connectivity index (χ1v) is 6.38. The lowest BCUT2D eigenvalue weighted by atomic mass is 9.87. The van der Waals surface area contributed by atoms with Crippen LogP contribution in [0.15, 0.2) is 24.4 Å². The van der Waals surface area contributed by atoms with Gasteiger partial charge in [-0.05, 0) is 37.4 Å².